The van der Waals surface area contributed by atoms with Crippen molar-refractivity contribution in [1.82, 2.24) is 9.88 Å². The van der Waals surface area contributed by atoms with E-state index in [9.17, 15) is 4.79 Å². The summed E-state index contributed by atoms with van der Waals surface area (Å²) in [5.41, 5.74) is 6.88. The van der Waals surface area contributed by atoms with Crippen LogP contribution in [0.25, 0.3) is 0 Å². The molecule has 0 radical (unpaired) electrons. The molecule has 130 valence electrons. The molecule has 3 heterocycles. The number of morpholine rings is 1. The molecule has 7 nitrogen and oxygen atoms in total. The van der Waals surface area contributed by atoms with Gasteiger partial charge in [-0.1, -0.05) is 0 Å². The Hall–Kier alpha value is -1.74. The summed E-state index contributed by atoms with van der Waals surface area (Å²) in [5.74, 6) is 0.337. The normalized spacial score (nSPS) is 21.8. The van der Waals surface area contributed by atoms with Crippen LogP contribution in [0.5, 0.6) is 0 Å². The summed E-state index contributed by atoms with van der Waals surface area (Å²) < 4.78 is 10.9. The third-order valence-corrected chi connectivity index (χ3v) is 4.58. The second-order valence-corrected chi connectivity index (χ2v) is 6.91. The van der Waals surface area contributed by atoms with Gasteiger partial charge in [0.2, 0.25) is 0 Å². The lowest BCUT2D eigenvalue weighted by Crippen LogP contribution is -2.44. The van der Waals surface area contributed by atoms with E-state index in [1.54, 1.807) is 6.07 Å². The largest absolute Gasteiger partial charge is 0.467 e. The molecular weight excluding hydrogens is 328 g/mol. The van der Waals surface area contributed by atoms with E-state index in [0.717, 1.165) is 25.3 Å². The molecule has 1 aliphatic rings. The van der Waals surface area contributed by atoms with Gasteiger partial charge in [0.25, 0.3) is 5.91 Å². The molecule has 2 aromatic rings. The summed E-state index contributed by atoms with van der Waals surface area (Å²) in [6, 6.07) is 1.64. The number of hydrogen-bond donors (Lipinski definition) is 2. The first kappa shape index (κ1) is 17.1. The topological polar surface area (TPSA) is 93.6 Å². The van der Waals surface area contributed by atoms with Crippen LogP contribution in [0.4, 0.5) is 5.13 Å². The second kappa shape index (κ2) is 7.43. The zero-order chi connectivity index (χ0) is 17.1. The molecule has 2 atom stereocenters. The summed E-state index contributed by atoms with van der Waals surface area (Å²) >= 11 is 1.42. The van der Waals surface area contributed by atoms with Crippen LogP contribution in [0.1, 0.15) is 35.7 Å². The van der Waals surface area contributed by atoms with Crippen LogP contribution in [-0.4, -0.2) is 41.1 Å². The van der Waals surface area contributed by atoms with Gasteiger partial charge >= 0.3 is 0 Å². The van der Waals surface area contributed by atoms with Crippen molar-refractivity contribution in [2.75, 3.05) is 18.4 Å². The Labute approximate surface area is 144 Å². The highest BCUT2D eigenvalue weighted by Gasteiger charge is 2.23. The van der Waals surface area contributed by atoms with Crippen LogP contribution in [-0.2, 0) is 17.8 Å². The standard InChI is InChI=1S/C16H22N4O3S/c1-10-5-20(6-11(2)23-10)7-13-9-24-16(18-13)19-15(21)12-3-14(4-17)22-8-12/h3,8-11H,4-7,17H2,1-2H3,(H,18,19,21). The highest BCUT2D eigenvalue weighted by atomic mass is 32.1. The number of rotatable bonds is 5. The van der Waals surface area contributed by atoms with E-state index in [-0.39, 0.29) is 24.7 Å². The van der Waals surface area contributed by atoms with Crippen molar-refractivity contribution < 1.29 is 13.9 Å². The number of hydrogen-bond acceptors (Lipinski definition) is 7. The minimum atomic E-state index is -0.243. The molecule has 8 heteroatoms. The molecule has 0 saturated carbocycles. The SMILES string of the molecule is CC1CN(Cc2csc(NC(=O)c3coc(CN)c3)n2)CC(C)O1. The van der Waals surface area contributed by atoms with Crippen LogP contribution >= 0.6 is 11.3 Å². The number of anilines is 1. The van der Waals surface area contributed by atoms with Crippen LogP contribution in [0.15, 0.2) is 22.1 Å². The Bertz CT molecular complexity index is 689. The van der Waals surface area contributed by atoms with Gasteiger partial charge in [-0.15, -0.1) is 11.3 Å². The lowest BCUT2D eigenvalue weighted by atomic mass is 10.2. The average molecular weight is 350 g/mol. The van der Waals surface area contributed by atoms with Gasteiger partial charge in [0.15, 0.2) is 5.13 Å². The molecule has 1 fully saturated rings. The Balaban J connectivity index is 1.58. The molecule has 1 aliphatic heterocycles. The molecule has 24 heavy (non-hydrogen) atoms. The number of carbonyl (C=O) groups excluding carboxylic acids is 1. The van der Waals surface area contributed by atoms with Crippen LogP contribution < -0.4 is 11.1 Å². The summed E-state index contributed by atoms with van der Waals surface area (Å²) in [4.78, 5) is 19.0. The van der Waals surface area contributed by atoms with E-state index in [2.05, 4.69) is 29.0 Å². The Morgan fingerprint density at radius 2 is 2.21 bits per heavy atom. The minimum Gasteiger partial charge on any atom is -0.467 e. The summed E-state index contributed by atoms with van der Waals surface area (Å²) in [5, 5.41) is 5.35. The third-order valence-electron chi connectivity index (χ3n) is 3.77. The lowest BCUT2D eigenvalue weighted by Gasteiger charge is -2.34. The van der Waals surface area contributed by atoms with Gasteiger partial charge in [-0.25, -0.2) is 4.98 Å². The van der Waals surface area contributed by atoms with Gasteiger partial charge < -0.3 is 14.9 Å². The lowest BCUT2D eigenvalue weighted by molar-refractivity contribution is -0.0707. The van der Waals surface area contributed by atoms with Gasteiger partial charge in [-0.2, -0.15) is 0 Å². The number of nitrogens with zero attached hydrogens (tertiary/aromatic N) is 2. The Kier molecular flexibility index (Phi) is 5.30. The van der Waals surface area contributed by atoms with Crippen molar-refractivity contribution >= 4 is 22.4 Å². The number of nitrogens with two attached hydrogens (primary N) is 1. The zero-order valence-corrected chi connectivity index (χ0v) is 14.6. The van der Waals surface area contributed by atoms with Crippen LogP contribution in [0.3, 0.4) is 0 Å². The van der Waals surface area contributed by atoms with Gasteiger partial charge in [0.05, 0.1) is 30.0 Å². The number of nitrogens with one attached hydrogen (secondary N) is 1. The molecular formula is C16H22N4O3S. The summed E-state index contributed by atoms with van der Waals surface area (Å²) in [7, 11) is 0. The van der Waals surface area contributed by atoms with E-state index in [1.165, 1.54) is 17.6 Å². The maximum absolute atomic E-state index is 12.2. The van der Waals surface area contributed by atoms with Gasteiger partial charge in [-0.05, 0) is 19.9 Å². The zero-order valence-electron chi connectivity index (χ0n) is 13.8. The van der Waals surface area contributed by atoms with E-state index in [0.29, 0.717) is 16.5 Å². The van der Waals surface area contributed by atoms with E-state index in [4.69, 9.17) is 14.9 Å². The average Bonchev–Trinajstić information content (AvgIpc) is 3.15. The van der Waals surface area contributed by atoms with Crippen molar-refractivity contribution in [1.29, 1.82) is 0 Å². The predicted molar refractivity (Wildman–Crippen MR) is 92.0 cm³/mol. The highest BCUT2D eigenvalue weighted by molar-refractivity contribution is 7.13. The molecule has 0 spiro atoms. The smallest absolute Gasteiger partial charge is 0.260 e. The predicted octanol–water partition coefficient (Wildman–Crippen LogP) is 2.06. The Morgan fingerprint density at radius 1 is 1.46 bits per heavy atom. The molecule has 2 unspecified atom stereocenters. The summed E-state index contributed by atoms with van der Waals surface area (Å²) in [6.45, 7) is 6.96. The molecule has 1 amide bonds. The molecule has 2 aromatic heterocycles. The Morgan fingerprint density at radius 3 is 2.88 bits per heavy atom. The fourth-order valence-electron chi connectivity index (χ4n) is 2.86. The number of aromatic nitrogens is 1. The molecule has 0 aromatic carbocycles. The quantitative estimate of drug-likeness (QED) is 0.857. The fraction of sp³-hybridized carbons (Fsp3) is 0.500. The third kappa shape index (κ3) is 4.21. The number of amides is 1. The van der Waals surface area contributed by atoms with Crippen molar-refractivity contribution in [3.63, 3.8) is 0 Å². The highest BCUT2D eigenvalue weighted by Crippen LogP contribution is 2.20. The number of thiazole rings is 1. The molecule has 3 N–H and O–H groups in total. The van der Waals surface area contributed by atoms with Crippen molar-refractivity contribution in [3.05, 3.63) is 34.7 Å². The number of ether oxygens (including phenoxy) is 1. The number of carbonyl (C=O) groups is 1. The second-order valence-electron chi connectivity index (χ2n) is 6.06. The minimum absolute atomic E-state index is 0.226. The molecule has 0 bridgehead atoms. The maximum Gasteiger partial charge on any atom is 0.260 e. The monoisotopic (exact) mass is 350 g/mol. The van der Waals surface area contributed by atoms with E-state index in [1.807, 2.05) is 5.38 Å². The maximum atomic E-state index is 12.2. The first-order chi connectivity index (χ1) is 11.5. The van der Waals surface area contributed by atoms with E-state index >= 15 is 0 Å². The number of furan rings is 1. The molecule has 1 saturated heterocycles. The van der Waals surface area contributed by atoms with Crippen molar-refractivity contribution in [2.24, 2.45) is 5.73 Å². The van der Waals surface area contributed by atoms with Crippen LogP contribution in [0.2, 0.25) is 0 Å². The first-order valence-corrected chi connectivity index (χ1v) is 8.82. The van der Waals surface area contributed by atoms with Crippen LogP contribution in [0, 0.1) is 0 Å². The molecule has 0 aliphatic carbocycles. The molecule has 3 rings (SSSR count). The fourth-order valence-corrected chi connectivity index (χ4v) is 3.55. The van der Waals surface area contributed by atoms with Gasteiger partial charge in [-0.3, -0.25) is 15.0 Å². The first-order valence-electron chi connectivity index (χ1n) is 7.94. The summed E-state index contributed by atoms with van der Waals surface area (Å²) in [6.07, 6.45) is 1.86. The van der Waals surface area contributed by atoms with Gasteiger partial charge in [0.1, 0.15) is 12.0 Å². The van der Waals surface area contributed by atoms with Gasteiger partial charge in [0, 0.05) is 25.0 Å². The van der Waals surface area contributed by atoms with Crippen molar-refractivity contribution in [2.45, 2.75) is 39.1 Å². The van der Waals surface area contributed by atoms with E-state index < -0.39 is 0 Å². The van der Waals surface area contributed by atoms with Crippen molar-refractivity contribution in [3.8, 4) is 0 Å².